The lowest BCUT2D eigenvalue weighted by atomic mass is 9.69. The van der Waals surface area contributed by atoms with E-state index < -0.39 is 52.4 Å². The standard InChI is InChI=1S/C17H21NO9/c1-4-8-11(9(19)7-10(20)14(22)23)13(21)18(6-3)17(5-2,16(26)27)12(8)15(24)25/h7,12,19H,4-6H2,1-3H3,(H,22,23)(H,24,25)(H,26,27). The van der Waals surface area contributed by atoms with E-state index in [-0.39, 0.29) is 25.0 Å². The van der Waals surface area contributed by atoms with Gasteiger partial charge in [-0.1, -0.05) is 13.8 Å². The molecule has 10 heteroatoms. The summed E-state index contributed by atoms with van der Waals surface area (Å²) in [5.74, 6) is -10.1. The Labute approximate surface area is 154 Å². The van der Waals surface area contributed by atoms with E-state index in [1.807, 2.05) is 0 Å². The van der Waals surface area contributed by atoms with Crippen molar-refractivity contribution < 1.29 is 44.4 Å². The summed E-state index contributed by atoms with van der Waals surface area (Å²) in [5.41, 5.74) is -2.83. The highest BCUT2D eigenvalue weighted by atomic mass is 16.4. The maximum atomic E-state index is 12.9. The van der Waals surface area contributed by atoms with Crippen LogP contribution in [0.25, 0.3) is 0 Å². The number of likely N-dealkylation sites (N-methyl/N-ethyl adjacent to an activating group) is 1. The second kappa shape index (κ2) is 8.02. The third-order valence-corrected chi connectivity index (χ3v) is 4.68. The first-order valence-corrected chi connectivity index (χ1v) is 8.20. The van der Waals surface area contributed by atoms with Gasteiger partial charge in [0.25, 0.3) is 11.7 Å². The summed E-state index contributed by atoms with van der Waals surface area (Å²) < 4.78 is 0. The van der Waals surface area contributed by atoms with Crippen molar-refractivity contribution in [1.29, 1.82) is 0 Å². The van der Waals surface area contributed by atoms with Crippen LogP contribution in [0.3, 0.4) is 0 Å². The van der Waals surface area contributed by atoms with Crippen molar-refractivity contribution >= 4 is 29.6 Å². The van der Waals surface area contributed by atoms with E-state index in [0.29, 0.717) is 6.08 Å². The molecular weight excluding hydrogens is 362 g/mol. The Bertz CT molecular complexity index is 764. The molecule has 1 amide bonds. The van der Waals surface area contributed by atoms with Crippen molar-refractivity contribution in [2.24, 2.45) is 5.92 Å². The summed E-state index contributed by atoms with van der Waals surface area (Å²) >= 11 is 0. The van der Waals surface area contributed by atoms with Gasteiger partial charge in [-0.05, 0) is 25.3 Å². The molecule has 0 saturated carbocycles. The summed E-state index contributed by atoms with van der Waals surface area (Å²) in [4.78, 5) is 59.8. The van der Waals surface area contributed by atoms with Crippen LogP contribution in [0.2, 0.25) is 0 Å². The molecule has 27 heavy (non-hydrogen) atoms. The van der Waals surface area contributed by atoms with Crippen LogP contribution in [0.4, 0.5) is 0 Å². The number of aliphatic hydroxyl groups is 1. The second-order valence-electron chi connectivity index (χ2n) is 5.86. The highest BCUT2D eigenvalue weighted by Crippen LogP contribution is 2.43. The van der Waals surface area contributed by atoms with E-state index in [4.69, 9.17) is 5.11 Å². The molecule has 0 fully saturated rings. The number of carbonyl (C=O) groups excluding carboxylic acids is 2. The zero-order chi connectivity index (χ0) is 21.1. The van der Waals surface area contributed by atoms with E-state index in [9.17, 15) is 39.3 Å². The fraction of sp³-hybridized carbons (Fsp3) is 0.471. The summed E-state index contributed by atoms with van der Waals surface area (Å²) in [6, 6.07) is 0. The van der Waals surface area contributed by atoms with Crippen LogP contribution in [-0.4, -0.2) is 67.0 Å². The fourth-order valence-electron chi connectivity index (χ4n) is 3.52. The van der Waals surface area contributed by atoms with Gasteiger partial charge in [-0.2, -0.15) is 0 Å². The van der Waals surface area contributed by atoms with Crippen LogP contribution < -0.4 is 0 Å². The molecule has 1 heterocycles. The molecule has 2 unspecified atom stereocenters. The van der Waals surface area contributed by atoms with Gasteiger partial charge in [-0.3, -0.25) is 14.4 Å². The molecule has 0 aromatic carbocycles. The van der Waals surface area contributed by atoms with Gasteiger partial charge in [0.05, 0.1) is 5.57 Å². The van der Waals surface area contributed by atoms with Crippen LogP contribution in [0, 0.1) is 5.92 Å². The predicted molar refractivity (Wildman–Crippen MR) is 89.8 cm³/mol. The van der Waals surface area contributed by atoms with Crippen molar-refractivity contribution in [3.8, 4) is 0 Å². The Hall–Kier alpha value is -3.17. The highest BCUT2D eigenvalue weighted by Gasteiger charge is 2.59. The topological polar surface area (TPSA) is 170 Å². The van der Waals surface area contributed by atoms with E-state index in [1.54, 1.807) is 0 Å². The van der Waals surface area contributed by atoms with Crippen LogP contribution in [0.15, 0.2) is 23.0 Å². The number of carbonyl (C=O) groups is 5. The molecule has 0 saturated heterocycles. The molecule has 1 rings (SSSR count). The SMILES string of the molecule is CCC1=C(C(O)=CC(=O)C(=O)O)C(=O)N(CC)C(CC)(C(=O)O)C1C(=O)O. The molecule has 148 valence electrons. The minimum absolute atomic E-state index is 0.107. The average Bonchev–Trinajstić information content (AvgIpc) is 2.58. The van der Waals surface area contributed by atoms with Crippen molar-refractivity contribution in [2.75, 3.05) is 6.54 Å². The Kier molecular flexibility index (Phi) is 6.50. The van der Waals surface area contributed by atoms with Crippen molar-refractivity contribution in [1.82, 2.24) is 4.90 Å². The van der Waals surface area contributed by atoms with E-state index in [0.717, 1.165) is 4.90 Å². The molecule has 1 aliphatic heterocycles. The van der Waals surface area contributed by atoms with Gasteiger partial charge in [-0.15, -0.1) is 0 Å². The maximum Gasteiger partial charge on any atom is 0.376 e. The number of amides is 1. The number of hydrogen-bond donors (Lipinski definition) is 4. The molecule has 0 spiro atoms. The van der Waals surface area contributed by atoms with E-state index >= 15 is 0 Å². The van der Waals surface area contributed by atoms with Crippen molar-refractivity contribution in [3.63, 3.8) is 0 Å². The first kappa shape index (κ1) is 21.9. The molecule has 4 N–H and O–H groups in total. The zero-order valence-corrected chi connectivity index (χ0v) is 15.1. The molecule has 0 aromatic heterocycles. The quantitative estimate of drug-likeness (QED) is 0.266. The monoisotopic (exact) mass is 383 g/mol. The van der Waals surface area contributed by atoms with Crippen molar-refractivity contribution in [2.45, 2.75) is 39.2 Å². The van der Waals surface area contributed by atoms with Crippen molar-refractivity contribution in [3.05, 3.63) is 23.0 Å². The number of aliphatic hydroxyl groups excluding tert-OH is 1. The molecule has 0 aliphatic carbocycles. The number of rotatable bonds is 8. The molecule has 2 atom stereocenters. The van der Waals surface area contributed by atoms with Gasteiger partial charge in [0, 0.05) is 12.6 Å². The predicted octanol–water partition coefficient (Wildman–Crippen LogP) is 0.585. The normalized spacial score (nSPS) is 23.4. The third kappa shape index (κ3) is 3.42. The summed E-state index contributed by atoms with van der Waals surface area (Å²) in [6.07, 6.45) is -0.0182. The largest absolute Gasteiger partial charge is 0.507 e. The molecule has 10 nitrogen and oxygen atoms in total. The molecular formula is C17H21NO9. The zero-order valence-electron chi connectivity index (χ0n) is 15.1. The van der Waals surface area contributed by atoms with E-state index in [1.165, 1.54) is 20.8 Å². The minimum atomic E-state index is -2.08. The van der Waals surface area contributed by atoms with E-state index in [2.05, 4.69) is 0 Å². The van der Waals surface area contributed by atoms with Gasteiger partial charge in [0.2, 0.25) is 0 Å². The van der Waals surface area contributed by atoms with Gasteiger partial charge in [-0.25, -0.2) is 9.59 Å². The third-order valence-electron chi connectivity index (χ3n) is 4.68. The van der Waals surface area contributed by atoms with Crippen LogP contribution in [0.5, 0.6) is 0 Å². The Morgan fingerprint density at radius 3 is 1.96 bits per heavy atom. The lowest BCUT2D eigenvalue weighted by molar-refractivity contribution is -0.170. The number of hydrogen-bond acceptors (Lipinski definition) is 6. The number of aliphatic carboxylic acids is 3. The van der Waals surface area contributed by atoms with Gasteiger partial charge >= 0.3 is 17.9 Å². The number of carboxylic acids is 3. The van der Waals surface area contributed by atoms with Gasteiger partial charge in [0.15, 0.2) is 5.54 Å². The molecule has 0 bridgehead atoms. The smallest absolute Gasteiger partial charge is 0.376 e. The Morgan fingerprint density at radius 1 is 1.07 bits per heavy atom. The molecule has 1 aliphatic rings. The summed E-state index contributed by atoms with van der Waals surface area (Å²) in [5, 5.41) is 38.4. The Balaban J connectivity index is 3.91. The number of ketones is 1. The average molecular weight is 383 g/mol. The summed E-state index contributed by atoms with van der Waals surface area (Å²) in [7, 11) is 0. The van der Waals surface area contributed by atoms with Crippen LogP contribution in [0.1, 0.15) is 33.6 Å². The summed E-state index contributed by atoms with van der Waals surface area (Å²) in [6.45, 7) is 4.17. The number of carboxylic acid groups (broad SMARTS) is 3. The fourth-order valence-corrected chi connectivity index (χ4v) is 3.52. The minimum Gasteiger partial charge on any atom is -0.507 e. The molecule has 0 aromatic rings. The first-order valence-electron chi connectivity index (χ1n) is 8.20. The Morgan fingerprint density at radius 2 is 1.63 bits per heavy atom. The second-order valence-corrected chi connectivity index (χ2v) is 5.86. The lowest BCUT2D eigenvalue weighted by Crippen LogP contribution is -2.66. The van der Waals surface area contributed by atoms with Crippen LogP contribution >= 0.6 is 0 Å². The lowest BCUT2D eigenvalue weighted by Gasteiger charge is -2.48. The highest BCUT2D eigenvalue weighted by molar-refractivity contribution is 6.37. The van der Waals surface area contributed by atoms with Gasteiger partial charge in [0.1, 0.15) is 11.7 Å². The first-order chi connectivity index (χ1) is 12.5. The van der Waals surface area contributed by atoms with Gasteiger partial charge < -0.3 is 25.3 Å². The number of nitrogens with zero attached hydrogens (tertiary/aromatic N) is 1. The maximum absolute atomic E-state index is 12.9. The van der Waals surface area contributed by atoms with Crippen LogP contribution in [-0.2, 0) is 24.0 Å². The molecule has 0 radical (unpaired) electrons.